The predicted molar refractivity (Wildman–Crippen MR) is 119 cm³/mol. The molecule has 6 heteroatoms. The standard InChI is InChI=1S/C25H30N2O4/c1-18-3-7-20(8-4-18)23(28)11-12-24(29)26-21-13-15-27(16-14-21)25(30)17-19-5-9-22(31-2)10-6-19/h3-10,21H,11-17H2,1-2H3,(H,26,29). The summed E-state index contributed by atoms with van der Waals surface area (Å²) in [6.45, 7) is 3.23. The molecule has 0 spiro atoms. The van der Waals surface area contributed by atoms with E-state index in [1.165, 1.54) is 0 Å². The molecule has 0 aliphatic carbocycles. The smallest absolute Gasteiger partial charge is 0.226 e. The van der Waals surface area contributed by atoms with Crippen molar-refractivity contribution in [3.8, 4) is 5.75 Å². The highest BCUT2D eigenvalue weighted by molar-refractivity contribution is 5.98. The third-order valence-corrected chi connectivity index (χ3v) is 5.68. The molecule has 1 aliphatic rings. The van der Waals surface area contributed by atoms with Gasteiger partial charge < -0.3 is 15.0 Å². The lowest BCUT2D eigenvalue weighted by atomic mass is 10.0. The monoisotopic (exact) mass is 422 g/mol. The van der Waals surface area contributed by atoms with Gasteiger partial charge in [-0.05, 0) is 37.5 Å². The van der Waals surface area contributed by atoms with Crippen molar-refractivity contribution in [2.24, 2.45) is 0 Å². The van der Waals surface area contributed by atoms with E-state index in [9.17, 15) is 14.4 Å². The highest BCUT2D eigenvalue weighted by atomic mass is 16.5. The number of hydrogen-bond acceptors (Lipinski definition) is 4. The van der Waals surface area contributed by atoms with Crippen molar-refractivity contribution in [1.29, 1.82) is 0 Å². The maximum absolute atomic E-state index is 12.6. The summed E-state index contributed by atoms with van der Waals surface area (Å²) in [6.07, 6.45) is 2.21. The van der Waals surface area contributed by atoms with Gasteiger partial charge in [0.05, 0.1) is 13.5 Å². The van der Waals surface area contributed by atoms with Crippen LogP contribution in [-0.4, -0.2) is 48.7 Å². The van der Waals surface area contributed by atoms with Crippen LogP contribution in [0, 0.1) is 6.92 Å². The summed E-state index contributed by atoms with van der Waals surface area (Å²) in [5.74, 6) is 0.740. The Morgan fingerprint density at radius 3 is 2.23 bits per heavy atom. The van der Waals surface area contributed by atoms with E-state index in [0.717, 1.165) is 29.7 Å². The molecule has 1 fully saturated rings. The molecule has 0 unspecified atom stereocenters. The number of benzene rings is 2. The lowest BCUT2D eigenvalue weighted by Gasteiger charge is -2.32. The fraction of sp³-hybridized carbons (Fsp3) is 0.400. The van der Waals surface area contributed by atoms with Crippen LogP contribution in [0.15, 0.2) is 48.5 Å². The van der Waals surface area contributed by atoms with Crippen molar-refractivity contribution < 1.29 is 19.1 Å². The number of Topliss-reactive ketones (excluding diaryl/α,β-unsaturated/α-hetero) is 1. The molecule has 1 aliphatic heterocycles. The van der Waals surface area contributed by atoms with E-state index in [1.54, 1.807) is 19.2 Å². The van der Waals surface area contributed by atoms with E-state index >= 15 is 0 Å². The molecule has 0 aromatic heterocycles. The number of hydrogen-bond donors (Lipinski definition) is 1. The molecule has 2 aromatic carbocycles. The Morgan fingerprint density at radius 1 is 0.968 bits per heavy atom. The van der Waals surface area contributed by atoms with Gasteiger partial charge >= 0.3 is 0 Å². The molecule has 0 atom stereocenters. The van der Waals surface area contributed by atoms with Crippen molar-refractivity contribution in [2.45, 2.75) is 45.1 Å². The molecule has 31 heavy (non-hydrogen) atoms. The number of carbonyl (C=O) groups excluding carboxylic acids is 3. The number of nitrogens with one attached hydrogen (secondary N) is 1. The zero-order valence-electron chi connectivity index (χ0n) is 18.2. The second kappa shape index (κ2) is 10.8. The van der Waals surface area contributed by atoms with Gasteiger partial charge in [0, 0.05) is 37.5 Å². The third-order valence-electron chi connectivity index (χ3n) is 5.68. The number of ketones is 1. The van der Waals surface area contributed by atoms with Crippen molar-refractivity contribution in [2.75, 3.05) is 20.2 Å². The summed E-state index contributed by atoms with van der Waals surface area (Å²) < 4.78 is 5.14. The van der Waals surface area contributed by atoms with Crippen LogP contribution in [0.4, 0.5) is 0 Å². The first-order valence-electron chi connectivity index (χ1n) is 10.7. The molecule has 1 saturated heterocycles. The number of amides is 2. The summed E-state index contributed by atoms with van der Waals surface area (Å²) in [7, 11) is 1.62. The van der Waals surface area contributed by atoms with E-state index < -0.39 is 0 Å². The number of aryl methyl sites for hydroxylation is 1. The lowest BCUT2D eigenvalue weighted by Crippen LogP contribution is -2.47. The highest BCUT2D eigenvalue weighted by Gasteiger charge is 2.24. The average Bonchev–Trinajstić information content (AvgIpc) is 2.79. The normalized spacial score (nSPS) is 14.2. The van der Waals surface area contributed by atoms with Crippen LogP contribution in [-0.2, 0) is 16.0 Å². The van der Waals surface area contributed by atoms with Crippen molar-refractivity contribution in [3.05, 3.63) is 65.2 Å². The van der Waals surface area contributed by atoms with E-state index in [4.69, 9.17) is 4.74 Å². The molecule has 0 saturated carbocycles. The van der Waals surface area contributed by atoms with Crippen molar-refractivity contribution in [3.63, 3.8) is 0 Å². The van der Waals surface area contributed by atoms with Gasteiger partial charge in [-0.1, -0.05) is 42.0 Å². The molecule has 2 aromatic rings. The first-order chi connectivity index (χ1) is 14.9. The van der Waals surface area contributed by atoms with Crippen LogP contribution in [0.2, 0.25) is 0 Å². The van der Waals surface area contributed by atoms with Crippen LogP contribution < -0.4 is 10.1 Å². The molecule has 1 heterocycles. The summed E-state index contributed by atoms with van der Waals surface area (Å²) in [4.78, 5) is 38.9. The third kappa shape index (κ3) is 6.67. The van der Waals surface area contributed by atoms with E-state index in [2.05, 4.69) is 5.32 Å². The quantitative estimate of drug-likeness (QED) is 0.662. The van der Waals surface area contributed by atoms with E-state index in [-0.39, 0.29) is 36.5 Å². The van der Waals surface area contributed by atoms with Gasteiger partial charge in [-0.2, -0.15) is 0 Å². The van der Waals surface area contributed by atoms with Gasteiger partial charge in [0.15, 0.2) is 5.78 Å². The largest absolute Gasteiger partial charge is 0.497 e. The van der Waals surface area contributed by atoms with Gasteiger partial charge in [0.2, 0.25) is 11.8 Å². The number of nitrogens with zero attached hydrogens (tertiary/aromatic N) is 1. The zero-order chi connectivity index (χ0) is 22.2. The Balaban J connectivity index is 1.37. The number of carbonyl (C=O) groups is 3. The fourth-order valence-electron chi connectivity index (χ4n) is 3.71. The first-order valence-corrected chi connectivity index (χ1v) is 10.7. The maximum Gasteiger partial charge on any atom is 0.226 e. The van der Waals surface area contributed by atoms with E-state index in [1.807, 2.05) is 48.2 Å². The van der Waals surface area contributed by atoms with E-state index in [0.29, 0.717) is 25.1 Å². The molecule has 164 valence electrons. The minimum Gasteiger partial charge on any atom is -0.497 e. The fourth-order valence-corrected chi connectivity index (χ4v) is 3.71. The van der Waals surface area contributed by atoms with Gasteiger partial charge in [-0.15, -0.1) is 0 Å². The second-order valence-electron chi connectivity index (χ2n) is 8.04. The number of methoxy groups -OCH3 is 1. The van der Waals surface area contributed by atoms with Crippen LogP contribution in [0.25, 0.3) is 0 Å². The van der Waals surface area contributed by atoms with Crippen molar-refractivity contribution >= 4 is 17.6 Å². The second-order valence-corrected chi connectivity index (χ2v) is 8.04. The van der Waals surface area contributed by atoms with Gasteiger partial charge in [-0.25, -0.2) is 0 Å². The Hall–Kier alpha value is -3.15. The first kappa shape index (κ1) is 22.5. The molecule has 0 radical (unpaired) electrons. The van der Waals surface area contributed by atoms with Crippen LogP contribution in [0.3, 0.4) is 0 Å². The van der Waals surface area contributed by atoms with Gasteiger partial charge in [0.1, 0.15) is 5.75 Å². The average molecular weight is 423 g/mol. The van der Waals surface area contributed by atoms with Crippen LogP contribution in [0.1, 0.15) is 47.2 Å². The molecule has 6 nitrogen and oxygen atoms in total. The van der Waals surface area contributed by atoms with Crippen molar-refractivity contribution in [1.82, 2.24) is 10.2 Å². The number of piperidine rings is 1. The molecular weight excluding hydrogens is 392 g/mol. The summed E-state index contributed by atoms with van der Waals surface area (Å²) in [5, 5.41) is 3.01. The molecule has 3 rings (SSSR count). The SMILES string of the molecule is COc1ccc(CC(=O)N2CCC(NC(=O)CCC(=O)c3ccc(C)cc3)CC2)cc1. The van der Waals surface area contributed by atoms with Gasteiger partial charge in [-0.3, -0.25) is 14.4 Å². The lowest BCUT2D eigenvalue weighted by molar-refractivity contribution is -0.131. The molecule has 1 N–H and O–H groups in total. The Labute approximate surface area is 183 Å². The molecule has 0 bridgehead atoms. The number of likely N-dealkylation sites (tertiary alicyclic amines) is 1. The summed E-state index contributed by atoms with van der Waals surface area (Å²) in [5.41, 5.74) is 2.70. The predicted octanol–water partition coefficient (Wildman–Crippen LogP) is 3.32. The minimum absolute atomic E-state index is 0.0194. The van der Waals surface area contributed by atoms with Crippen LogP contribution in [0.5, 0.6) is 5.75 Å². The minimum atomic E-state index is -0.108. The zero-order valence-corrected chi connectivity index (χ0v) is 18.2. The maximum atomic E-state index is 12.6. The highest BCUT2D eigenvalue weighted by Crippen LogP contribution is 2.16. The summed E-state index contributed by atoms with van der Waals surface area (Å²) in [6, 6.07) is 15.0. The summed E-state index contributed by atoms with van der Waals surface area (Å²) >= 11 is 0. The molecule has 2 amide bonds. The Kier molecular flexibility index (Phi) is 7.82. The molecular formula is C25H30N2O4. The van der Waals surface area contributed by atoms with Gasteiger partial charge in [0.25, 0.3) is 0 Å². The topological polar surface area (TPSA) is 75.7 Å². The van der Waals surface area contributed by atoms with Crippen LogP contribution >= 0.6 is 0 Å². The Morgan fingerprint density at radius 2 is 1.61 bits per heavy atom. The number of ether oxygens (including phenoxy) is 1. The Bertz CT molecular complexity index is 898. The number of rotatable bonds is 8.